The van der Waals surface area contributed by atoms with Crippen molar-refractivity contribution in [3.05, 3.63) is 0 Å². The van der Waals surface area contributed by atoms with Crippen molar-refractivity contribution in [3.63, 3.8) is 0 Å². The molecule has 0 bridgehead atoms. The van der Waals surface area contributed by atoms with Crippen molar-refractivity contribution in [2.75, 3.05) is 13.6 Å². The molecule has 2 rings (SSSR count). The van der Waals surface area contributed by atoms with Crippen molar-refractivity contribution in [2.45, 2.75) is 37.8 Å². The number of nitrogens with two attached hydrogens (primary N) is 1. The van der Waals surface area contributed by atoms with Crippen LogP contribution < -0.4 is 10.5 Å². The Bertz CT molecular complexity index is 320. The molecule has 2 aliphatic carbocycles. The summed E-state index contributed by atoms with van der Waals surface area (Å²) >= 11 is 0. The summed E-state index contributed by atoms with van der Waals surface area (Å²) in [5.41, 5.74) is 5.61. The molecule has 0 aromatic carbocycles. The lowest BCUT2D eigenvalue weighted by Gasteiger charge is -2.33. The molecule has 15 heavy (non-hydrogen) atoms. The fourth-order valence-electron chi connectivity index (χ4n) is 1.82. The van der Waals surface area contributed by atoms with Gasteiger partial charge in [0.05, 0.1) is 0 Å². The van der Waals surface area contributed by atoms with Crippen molar-refractivity contribution in [1.29, 1.82) is 0 Å². The monoisotopic (exact) mass is 233 g/mol. The van der Waals surface area contributed by atoms with Gasteiger partial charge >= 0.3 is 0 Å². The minimum absolute atomic E-state index is 0.0478. The van der Waals surface area contributed by atoms with Crippen molar-refractivity contribution >= 4 is 10.2 Å². The van der Waals surface area contributed by atoms with Crippen LogP contribution >= 0.6 is 0 Å². The Morgan fingerprint density at radius 2 is 2.00 bits per heavy atom. The number of nitrogens with zero attached hydrogens (tertiary/aromatic N) is 1. The normalized spacial score (nSPS) is 31.7. The summed E-state index contributed by atoms with van der Waals surface area (Å²) < 4.78 is 27.7. The summed E-state index contributed by atoms with van der Waals surface area (Å²) in [5.74, 6) is 0.579. The molecule has 88 valence electrons. The maximum Gasteiger partial charge on any atom is 0.279 e. The number of rotatable bonds is 5. The Morgan fingerprint density at radius 3 is 2.47 bits per heavy atom. The molecule has 0 heterocycles. The fourth-order valence-corrected chi connectivity index (χ4v) is 3.02. The van der Waals surface area contributed by atoms with E-state index in [1.165, 1.54) is 4.31 Å². The quantitative estimate of drug-likeness (QED) is 0.681. The smallest absolute Gasteiger partial charge is 0.279 e. The van der Waals surface area contributed by atoms with Crippen molar-refractivity contribution in [1.82, 2.24) is 9.03 Å². The van der Waals surface area contributed by atoms with Gasteiger partial charge in [-0.15, -0.1) is 0 Å². The third kappa shape index (κ3) is 2.90. The maximum atomic E-state index is 11.8. The summed E-state index contributed by atoms with van der Waals surface area (Å²) in [6, 6.07) is 0.220. The molecule has 0 aromatic heterocycles. The van der Waals surface area contributed by atoms with Gasteiger partial charge in [-0.2, -0.15) is 17.4 Å². The second-order valence-electron chi connectivity index (χ2n) is 4.78. The highest BCUT2D eigenvalue weighted by molar-refractivity contribution is 7.87. The van der Waals surface area contributed by atoms with Crippen molar-refractivity contribution < 1.29 is 8.42 Å². The van der Waals surface area contributed by atoms with E-state index in [2.05, 4.69) is 4.72 Å². The van der Waals surface area contributed by atoms with Crippen LogP contribution in [0.1, 0.15) is 25.7 Å². The van der Waals surface area contributed by atoms with E-state index in [1.807, 2.05) is 0 Å². The first-order valence-electron chi connectivity index (χ1n) is 5.46. The average molecular weight is 233 g/mol. The molecule has 2 aliphatic rings. The number of nitrogens with one attached hydrogen (secondary N) is 1. The number of hydrogen-bond acceptors (Lipinski definition) is 3. The van der Waals surface area contributed by atoms with E-state index >= 15 is 0 Å². The molecular formula is C9H19N3O2S. The van der Waals surface area contributed by atoms with E-state index in [4.69, 9.17) is 5.73 Å². The van der Waals surface area contributed by atoms with Crippen LogP contribution in [-0.2, 0) is 10.2 Å². The lowest BCUT2D eigenvalue weighted by molar-refractivity contribution is 0.317. The fraction of sp³-hybridized carbons (Fsp3) is 1.00. The van der Waals surface area contributed by atoms with E-state index in [-0.39, 0.29) is 12.1 Å². The van der Waals surface area contributed by atoms with Crippen molar-refractivity contribution in [2.24, 2.45) is 11.7 Å². The van der Waals surface area contributed by atoms with Crippen LogP contribution in [0, 0.1) is 5.92 Å². The molecular weight excluding hydrogens is 214 g/mol. The molecule has 0 radical (unpaired) electrons. The Labute approximate surface area is 91.2 Å². The SMILES string of the molecule is CN(CC1CC1)S(=O)(=O)NC1CC(N)C1. The zero-order valence-corrected chi connectivity index (χ0v) is 9.83. The summed E-state index contributed by atoms with van der Waals surface area (Å²) in [7, 11) is -1.63. The topological polar surface area (TPSA) is 75.4 Å². The Balaban J connectivity index is 1.82. The molecule has 0 saturated heterocycles. The van der Waals surface area contributed by atoms with Crippen molar-refractivity contribution in [3.8, 4) is 0 Å². The second kappa shape index (κ2) is 4.01. The van der Waals surface area contributed by atoms with Crippen LogP contribution in [0.2, 0.25) is 0 Å². The van der Waals surface area contributed by atoms with Crippen LogP contribution in [0.5, 0.6) is 0 Å². The van der Waals surface area contributed by atoms with Gasteiger partial charge in [0.2, 0.25) is 0 Å². The van der Waals surface area contributed by atoms with Gasteiger partial charge in [0.25, 0.3) is 10.2 Å². The Morgan fingerprint density at radius 1 is 1.40 bits per heavy atom. The molecule has 0 atom stereocenters. The van der Waals surface area contributed by atoms with Crippen LogP contribution in [0.4, 0.5) is 0 Å². The molecule has 0 aliphatic heterocycles. The van der Waals surface area contributed by atoms with Gasteiger partial charge in [0.15, 0.2) is 0 Å². The molecule has 0 amide bonds. The second-order valence-corrected chi connectivity index (χ2v) is 6.58. The Hall–Kier alpha value is -0.170. The molecule has 2 fully saturated rings. The van der Waals surface area contributed by atoms with E-state index in [0.29, 0.717) is 12.5 Å². The zero-order valence-electron chi connectivity index (χ0n) is 9.02. The van der Waals surface area contributed by atoms with Crippen LogP contribution in [0.25, 0.3) is 0 Å². The Kier molecular flexibility index (Phi) is 3.03. The summed E-state index contributed by atoms with van der Waals surface area (Å²) in [6.07, 6.45) is 3.84. The molecule has 0 spiro atoms. The molecule has 0 aromatic rings. The lowest BCUT2D eigenvalue weighted by atomic mass is 9.89. The van der Waals surface area contributed by atoms with Gasteiger partial charge in [0.1, 0.15) is 0 Å². The first-order chi connectivity index (χ1) is 6.97. The van der Waals surface area contributed by atoms with E-state index < -0.39 is 10.2 Å². The summed E-state index contributed by atoms with van der Waals surface area (Å²) in [6.45, 7) is 0.647. The average Bonchev–Trinajstić information content (AvgIpc) is 2.85. The first kappa shape index (κ1) is 11.3. The van der Waals surface area contributed by atoms with Gasteiger partial charge in [0, 0.05) is 25.7 Å². The van der Waals surface area contributed by atoms with Crippen LogP contribution in [-0.4, -0.2) is 38.4 Å². The maximum absolute atomic E-state index is 11.8. The number of hydrogen-bond donors (Lipinski definition) is 2. The van der Waals surface area contributed by atoms with Gasteiger partial charge in [-0.25, -0.2) is 0 Å². The van der Waals surface area contributed by atoms with E-state index in [9.17, 15) is 8.42 Å². The lowest BCUT2D eigenvalue weighted by Crippen LogP contribution is -2.53. The van der Waals surface area contributed by atoms with E-state index in [1.54, 1.807) is 7.05 Å². The largest absolute Gasteiger partial charge is 0.328 e. The van der Waals surface area contributed by atoms with Gasteiger partial charge < -0.3 is 5.73 Å². The van der Waals surface area contributed by atoms with Crippen LogP contribution in [0.15, 0.2) is 0 Å². The minimum Gasteiger partial charge on any atom is -0.328 e. The summed E-state index contributed by atoms with van der Waals surface area (Å²) in [5, 5.41) is 0. The molecule has 0 unspecified atom stereocenters. The van der Waals surface area contributed by atoms with Gasteiger partial charge in [-0.05, 0) is 31.6 Å². The molecule has 5 nitrogen and oxygen atoms in total. The molecule has 3 N–H and O–H groups in total. The summed E-state index contributed by atoms with van der Waals surface area (Å²) in [4.78, 5) is 0. The zero-order chi connectivity index (χ0) is 11.1. The standard InChI is InChI=1S/C9H19N3O2S/c1-12(6-7-2-3-7)15(13,14)11-9-4-8(10)5-9/h7-9,11H,2-6,10H2,1H3. The highest BCUT2D eigenvalue weighted by atomic mass is 32.2. The van der Waals surface area contributed by atoms with Gasteiger partial charge in [-0.3, -0.25) is 0 Å². The molecule has 6 heteroatoms. The highest BCUT2D eigenvalue weighted by Gasteiger charge is 2.33. The molecule has 2 saturated carbocycles. The third-order valence-corrected chi connectivity index (χ3v) is 4.71. The predicted molar refractivity (Wildman–Crippen MR) is 58.4 cm³/mol. The highest BCUT2D eigenvalue weighted by Crippen LogP contribution is 2.30. The van der Waals surface area contributed by atoms with E-state index in [0.717, 1.165) is 25.7 Å². The third-order valence-electron chi connectivity index (χ3n) is 3.11. The predicted octanol–water partition coefficient (Wildman–Crippen LogP) is -0.348. The van der Waals surface area contributed by atoms with Gasteiger partial charge in [-0.1, -0.05) is 0 Å². The first-order valence-corrected chi connectivity index (χ1v) is 6.90. The minimum atomic E-state index is -3.27. The van der Waals surface area contributed by atoms with Crippen LogP contribution in [0.3, 0.4) is 0 Å².